The maximum absolute atomic E-state index is 12.8. The van der Waals surface area contributed by atoms with Crippen molar-refractivity contribution in [3.8, 4) is 0 Å². The van der Waals surface area contributed by atoms with E-state index in [-0.39, 0.29) is 18.4 Å². The fraction of sp³-hybridized carbons (Fsp3) is 0.727. The number of carbonyl (C=O) groups is 1. The first-order valence-corrected chi connectivity index (χ1v) is 5.37. The minimum atomic E-state index is -2.75. The first-order chi connectivity index (χ1) is 7.06. The fourth-order valence-electron chi connectivity index (χ4n) is 2.16. The van der Waals surface area contributed by atoms with E-state index in [1.54, 1.807) is 11.0 Å². The molecule has 1 saturated heterocycles. The van der Waals surface area contributed by atoms with Gasteiger partial charge in [-0.05, 0) is 19.3 Å². The number of piperidine rings is 1. The third-order valence-corrected chi connectivity index (χ3v) is 3.23. The van der Waals surface area contributed by atoms with E-state index in [0.29, 0.717) is 6.54 Å². The maximum atomic E-state index is 12.8. The molecule has 15 heavy (non-hydrogen) atoms. The summed E-state index contributed by atoms with van der Waals surface area (Å²) in [5.41, 5.74) is 0. The molecule has 1 aliphatic heterocycles. The Bertz CT molecular complexity index is 290. The van der Waals surface area contributed by atoms with Crippen LogP contribution in [0.3, 0.4) is 0 Å². The van der Waals surface area contributed by atoms with Crippen molar-refractivity contribution in [2.75, 3.05) is 6.54 Å². The van der Waals surface area contributed by atoms with Crippen LogP contribution < -0.4 is 0 Å². The summed E-state index contributed by atoms with van der Waals surface area (Å²) in [7, 11) is 0. The maximum Gasteiger partial charge on any atom is 0.260 e. The van der Waals surface area contributed by atoms with Crippen LogP contribution in [0.1, 0.15) is 25.7 Å². The summed E-state index contributed by atoms with van der Waals surface area (Å²) >= 11 is 0. The highest BCUT2D eigenvalue weighted by atomic mass is 19.3. The van der Waals surface area contributed by atoms with Crippen molar-refractivity contribution >= 4 is 5.91 Å². The number of halogens is 2. The molecule has 0 unspecified atom stereocenters. The molecule has 4 heteroatoms. The van der Waals surface area contributed by atoms with Crippen molar-refractivity contribution in [2.45, 2.75) is 37.6 Å². The van der Waals surface area contributed by atoms with Crippen LogP contribution >= 0.6 is 0 Å². The molecule has 1 heterocycles. The Balaban J connectivity index is 2.02. The van der Waals surface area contributed by atoms with E-state index in [1.165, 1.54) is 0 Å². The van der Waals surface area contributed by atoms with Gasteiger partial charge in [-0.1, -0.05) is 6.08 Å². The number of nitrogens with zero attached hydrogens (tertiary/aromatic N) is 1. The van der Waals surface area contributed by atoms with Gasteiger partial charge in [-0.3, -0.25) is 4.79 Å². The molecule has 84 valence electrons. The summed E-state index contributed by atoms with van der Waals surface area (Å²) < 4.78 is 25.5. The van der Waals surface area contributed by atoms with Gasteiger partial charge < -0.3 is 4.90 Å². The zero-order valence-corrected chi connectivity index (χ0v) is 8.59. The summed E-state index contributed by atoms with van der Waals surface area (Å²) in [5.74, 6) is -4.19. The number of amides is 1. The molecule has 0 aromatic heterocycles. The second-order valence-electron chi connectivity index (χ2n) is 4.35. The number of likely N-dealkylation sites (tertiary alicyclic amines) is 1. The molecule has 0 N–H and O–H groups in total. The SMILES string of the molecule is C=C[C@@H]1CCCCN1C(=O)[C@@H]1CC1(F)F. The Morgan fingerprint density at radius 2 is 2.13 bits per heavy atom. The van der Waals surface area contributed by atoms with Gasteiger partial charge in [-0.15, -0.1) is 6.58 Å². The molecule has 0 aromatic carbocycles. The summed E-state index contributed by atoms with van der Waals surface area (Å²) in [6, 6.07) is -0.0392. The summed E-state index contributed by atoms with van der Waals surface area (Å²) in [5, 5.41) is 0. The predicted octanol–water partition coefficient (Wildman–Crippen LogP) is 2.21. The van der Waals surface area contributed by atoms with Gasteiger partial charge in [0.2, 0.25) is 5.91 Å². The van der Waals surface area contributed by atoms with E-state index in [1.807, 2.05) is 0 Å². The third kappa shape index (κ3) is 1.90. The van der Waals surface area contributed by atoms with E-state index >= 15 is 0 Å². The molecule has 2 fully saturated rings. The third-order valence-electron chi connectivity index (χ3n) is 3.23. The first-order valence-electron chi connectivity index (χ1n) is 5.37. The highest BCUT2D eigenvalue weighted by molar-refractivity contribution is 5.83. The van der Waals surface area contributed by atoms with Gasteiger partial charge in [0.25, 0.3) is 5.92 Å². The Morgan fingerprint density at radius 3 is 2.67 bits per heavy atom. The molecule has 1 amide bonds. The second-order valence-corrected chi connectivity index (χ2v) is 4.35. The van der Waals surface area contributed by atoms with Crippen molar-refractivity contribution in [2.24, 2.45) is 5.92 Å². The molecule has 1 aliphatic carbocycles. The van der Waals surface area contributed by atoms with Crippen LogP contribution in [0.4, 0.5) is 8.78 Å². The van der Waals surface area contributed by atoms with Crippen LogP contribution in [-0.4, -0.2) is 29.3 Å². The van der Waals surface area contributed by atoms with Gasteiger partial charge in [-0.2, -0.15) is 0 Å². The van der Waals surface area contributed by atoms with Crippen LogP contribution in [0.2, 0.25) is 0 Å². The Labute approximate surface area is 87.9 Å². The first kappa shape index (κ1) is 10.6. The summed E-state index contributed by atoms with van der Waals surface area (Å²) in [6.45, 7) is 4.25. The second kappa shape index (κ2) is 3.58. The van der Waals surface area contributed by atoms with Crippen LogP contribution in [-0.2, 0) is 4.79 Å². The molecule has 0 bridgehead atoms. The van der Waals surface area contributed by atoms with Crippen molar-refractivity contribution in [3.05, 3.63) is 12.7 Å². The minimum absolute atomic E-state index is 0.0392. The molecule has 0 spiro atoms. The Morgan fingerprint density at radius 1 is 1.47 bits per heavy atom. The monoisotopic (exact) mass is 215 g/mol. The van der Waals surface area contributed by atoms with Crippen molar-refractivity contribution in [1.82, 2.24) is 4.90 Å². The fourth-order valence-corrected chi connectivity index (χ4v) is 2.16. The lowest BCUT2D eigenvalue weighted by molar-refractivity contribution is -0.137. The average molecular weight is 215 g/mol. The highest BCUT2D eigenvalue weighted by Gasteiger charge is 2.62. The van der Waals surface area contributed by atoms with Gasteiger partial charge in [0.15, 0.2) is 0 Å². The van der Waals surface area contributed by atoms with Crippen molar-refractivity contribution in [3.63, 3.8) is 0 Å². The molecule has 0 aromatic rings. The van der Waals surface area contributed by atoms with E-state index in [9.17, 15) is 13.6 Å². The van der Waals surface area contributed by atoms with Gasteiger partial charge in [0, 0.05) is 19.0 Å². The van der Waals surface area contributed by atoms with Gasteiger partial charge in [-0.25, -0.2) is 8.78 Å². The normalized spacial score (nSPS) is 33.6. The largest absolute Gasteiger partial charge is 0.336 e. The number of hydrogen-bond acceptors (Lipinski definition) is 1. The van der Waals surface area contributed by atoms with Gasteiger partial charge >= 0.3 is 0 Å². The summed E-state index contributed by atoms with van der Waals surface area (Å²) in [6.07, 6.45) is 4.23. The molecule has 2 rings (SSSR count). The Hall–Kier alpha value is -0.930. The number of rotatable bonds is 2. The minimum Gasteiger partial charge on any atom is -0.336 e. The van der Waals surface area contributed by atoms with Crippen LogP contribution in [0.15, 0.2) is 12.7 Å². The lowest BCUT2D eigenvalue weighted by Gasteiger charge is -2.34. The average Bonchev–Trinajstić information content (AvgIpc) is 2.86. The molecular formula is C11H15F2NO. The molecule has 2 nitrogen and oxygen atoms in total. The van der Waals surface area contributed by atoms with E-state index < -0.39 is 11.8 Å². The van der Waals surface area contributed by atoms with Crippen molar-refractivity contribution in [1.29, 1.82) is 0 Å². The Kier molecular flexibility index (Phi) is 2.52. The molecule has 1 saturated carbocycles. The topological polar surface area (TPSA) is 20.3 Å². The quantitative estimate of drug-likeness (QED) is 0.647. The number of carbonyl (C=O) groups excluding carboxylic acids is 1. The van der Waals surface area contributed by atoms with Crippen molar-refractivity contribution < 1.29 is 13.6 Å². The van der Waals surface area contributed by atoms with E-state index in [2.05, 4.69) is 6.58 Å². The van der Waals surface area contributed by atoms with Gasteiger partial charge in [0.1, 0.15) is 5.92 Å². The van der Waals surface area contributed by atoms with E-state index in [4.69, 9.17) is 0 Å². The molecular weight excluding hydrogens is 200 g/mol. The van der Waals surface area contributed by atoms with Gasteiger partial charge in [0.05, 0.1) is 0 Å². The smallest absolute Gasteiger partial charge is 0.260 e. The van der Waals surface area contributed by atoms with Crippen LogP contribution in [0.25, 0.3) is 0 Å². The highest BCUT2D eigenvalue weighted by Crippen LogP contribution is 2.50. The molecule has 2 aliphatic rings. The standard InChI is InChI=1S/C11H15F2NO/c1-2-8-5-3-4-6-14(8)10(15)9-7-11(9,12)13/h2,8-9H,1,3-7H2/t8-,9+/m1/s1. The zero-order valence-electron chi connectivity index (χ0n) is 8.59. The predicted molar refractivity (Wildman–Crippen MR) is 52.6 cm³/mol. The lowest BCUT2D eigenvalue weighted by Crippen LogP contribution is -2.44. The van der Waals surface area contributed by atoms with Crippen LogP contribution in [0, 0.1) is 5.92 Å². The molecule has 0 radical (unpaired) electrons. The zero-order chi connectivity index (χ0) is 11.1. The number of hydrogen-bond donors (Lipinski definition) is 0. The summed E-state index contributed by atoms with van der Waals surface area (Å²) in [4.78, 5) is 13.3. The van der Waals surface area contributed by atoms with Crippen LogP contribution in [0.5, 0.6) is 0 Å². The van der Waals surface area contributed by atoms with E-state index in [0.717, 1.165) is 19.3 Å². The number of alkyl halides is 2. The molecule has 2 atom stereocenters. The lowest BCUT2D eigenvalue weighted by atomic mass is 10.0.